The van der Waals surface area contributed by atoms with Crippen molar-refractivity contribution < 1.29 is 19.4 Å². The lowest BCUT2D eigenvalue weighted by molar-refractivity contribution is -0.139. The van der Waals surface area contributed by atoms with E-state index in [1.54, 1.807) is 6.08 Å². The van der Waals surface area contributed by atoms with Crippen LogP contribution >= 0.6 is 0 Å². The molecular weight excluding hydrogens is 342 g/mol. The van der Waals surface area contributed by atoms with Gasteiger partial charge in [-0.25, -0.2) is 9.59 Å². The van der Waals surface area contributed by atoms with E-state index in [9.17, 15) is 14.7 Å². The molecule has 0 unspecified atom stereocenters. The SMILES string of the molecule is C=C[C@H](C)C[C@H](NC(=O)OCC1c2ccccc2-c2ccccc21)C(=O)O. The zero-order valence-electron chi connectivity index (χ0n) is 15.2. The van der Waals surface area contributed by atoms with Gasteiger partial charge in [-0.2, -0.15) is 0 Å². The summed E-state index contributed by atoms with van der Waals surface area (Å²) >= 11 is 0. The molecule has 27 heavy (non-hydrogen) atoms. The van der Waals surface area contributed by atoms with Gasteiger partial charge in [-0.15, -0.1) is 6.58 Å². The summed E-state index contributed by atoms with van der Waals surface area (Å²) in [5, 5.41) is 11.7. The summed E-state index contributed by atoms with van der Waals surface area (Å²) in [6.07, 6.45) is 1.21. The highest BCUT2D eigenvalue weighted by Gasteiger charge is 2.29. The molecule has 5 nitrogen and oxygen atoms in total. The first-order valence-corrected chi connectivity index (χ1v) is 8.98. The van der Waals surface area contributed by atoms with Crippen molar-refractivity contribution in [1.29, 1.82) is 0 Å². The van der Waals surface area contributed by atoms with Gasteiger partial charge in [0, 0.05) is 5.92 Å². The maximum atomic E-state index is 12.2. The van der Waals surface area contributed by atoms with Crippen molar-refractivity contribution in [2.75, 3.05) is 6.61 Å². The van der Waals surface area contributed by atoms with Gasteiger partial charge in [-0.1, -0.05) is 61.5 Å². The Morgan fingerprint density at radius 1 is 1.15 bits per heavy atom. The van der Waals surface area contributed by atoms with Gasteiger partial charge >= 0.3 is 12.1 Å². The molecule has 0 saturated carbocycles. The number of fused-ring (bicyclic) bond motifs is 3. The molecule has 140 valence electrons. The fraction of sp³-hybridized carbons (Fsp3) is 0.273. The number of carboxylic acid groups (broad SMARTS) is 1. The number of nitrogens with one attached hydrogen (secondary N) is 1. The quantitative estimate of drug-likeness (QED) is 0.722. The summed E-state index contributed by atoms with van der Waals surface area (Å²) < 4.78 is 5.40. The fourth-order valence-electron chi connectivity index (χ4n) is 3.47. The van der Waals surface area contributed by atoms with Gasteiger partial charge in [-0.3, -0.25) is 0 Å². The van der Waals surface area contributed by atoms with E-state index in [1.165, 1.54) is 0 Å². The first-order valence-electron chi connectivity index (χ1n) is 8.98. The molecule has 0 bridgehead atoms. The van der Waals surface area contributed by atoms with Crippen molar-refractivity contribution in [3.63, 3.8) is 0 Å². The molecule has 2 aromatic rings. The van der Waals surface area contributed by atoms with Crippen molar-refractivity contribution in [3.05, 3.63) is 72.3 Å². The molecule has 0 aromatic heterocycles. The Labute approximate surface area is 158 Å². The Morgan fingerprint density at radius 3 is 2.22 bits per heavy atom. The zero-order chi connectivity index (χ0) is 19.4. The van der Waals surface area contributed by atoms with Gasteiger partial charge in [0.15, 0.2) is 0 Å². The number of allylic oxidation sites excluding steroid dienone is 1. The number of carbonyl (C=O) groups excluding carboxylic acids is 1. The van der Waals surface area contributed by atoms with Crippen molar-refractivity contribution in [2.24, 2.45) is 5.92 Å². The predicted molar refractivity (Wildman–Crippen MR) is 104 cm³/mol. The Balaban J connectivity index is 1.68. The molecule has 0 aliphatic heterocycles. The maximum absolute atomic E-state index is 12.2. The van der Waals surface area contributed by atoms with Crippen molar-refractivity contribution in [1.82, 2.24) is 5.32 Å². The Bertz CT molecular complexity index is 815. The molecule has 1 amide bonds. The molecule has 2 aromatic carbocycles. The van der Waals surface area contributed by atoms with E-state index in [2.05, 4.69) is 24.0 Å². The number of ether oxygens (including phenoxy) is 1. The van der Waals surface area contributed by atoms with Gasteiger partial charge in [0.2, 0.25) is 0 Å². The molecule has 2 N–H and O–H groups in total. The van der Waals surface area contributed by atoms with Crippen LogP contribution in [0.2, 0.25) is 0 Å². The summed E-state index contributed by atoms with van der Waals surface area (Å²) in [6.45, 7) is 5.65. The van der Waals surface area contributed by atoms with Crippen molar-refractivity contribution in [2.45, 2.75) is 25.3 Å². The van der Waals surface area contributed by atoms with Crippen LogP contribution in [0.5, 0.6) is 0 Å². The normalized spacial score (nSPS) is 14.6. The minimum absolute atomic E-state index is 0.0278. The highest BCUT2D eigenvalue weighted by atomic mass is 16.5. The van der Waals surface area contributed by atoms with E-state index in [1.807, 2.05) is 43.3 Å². The molecule has 1 aliphatic carbocycles. The van der Waals surface area contributed by atoms with Gasteiger partial charge in [0.05, 0.1) is 0 Å². The second-order valence-electron chi connectivity index (χ2n) is 6.81. The Morgan fingerprint density at radius 2 is 1.70 bits per heavy atom. The molecule has 0 radical (unpaired) electrons. The van der Waals surface area contributed by atoms with Crippen LogP contribution in [0.15, 0.2) is 61.2 Å². The first kappa shape index (κ1) is 18.7. The number of amides is 1. The van der Waals surface area contributed by atoms with Crippen LogP contribution in [-0.2, 0) is 9.53 Å². The summed E-state index contributed by atoms with van der Waals surface area (Å²) in [5.41, 5.74) is 4.51. The van der Waals surface area contributed by atoms with Gasteiger partial charge in [0.1, 0.15) is 12.6 Å². The topological polar surface area (TPSA) is 75.6 Å². The summed E-state index contributed by atoms with van der Waals surface area (Å²) in [6, 6.07) is 15.1. The molecule has 1 aliphatic rings. The minimum atomic E-state index is -1.09. The number of benzene rings is 2. The van der Waals surface area contributed by atoms with Gasteiger partial charge in [0.25, 0.3) is 0 Å². The van der Waals surface area contributed by atoms with Gasteiger partial charge in [-0.05, 0) is 34.6 Å². The average molecular weight is 365 g/mol. The van der Waals surface area contributed by atoms with Crippen LogP contribution in [0, 0.1) is 5.92 Å². The van der Waals surface area contributed by atoms with Crippen LogP contribution in [-0.4, -0.2) is 29.8 Å². The second kappa shape index (κ2) is 8.08. The van der Waals surface area contributed by atoms with Crippen LogP contribution in [0.1, 0.15) is 30.4 Å². The van der Waals surface area contributed by atoms with Crippen LogP contribution in [0.4, 0.5) is 4.79 Å². The number of hydrogen-bond donors (Lipinski definition) is 2. The minimum Gasteiger partial charge on any atom is -0.480 e. The highest BCUT2D eigenvalue weighted by Crippen LogP contribution is 2.44. The molecule has 2 atom stereocenters. The third-order valence-corrected chi connectivity index (χ3v) is 4.94. The first-order chi connectivity index (χ1) is 13.0. The lowest BCUT2D eigenvalue weighted by Gasteiger charge is -2.18. The number of alkyl carbamates (subject to hydrolysis) is 1. The summed E-state index contributed by atoms with van der Waals surface area (Å²) in [5.74, 6) is -1.17. The average Bonchev–Trinajstić information content (AvgIpc) is 2.99. The van der Waals surface area contributed by atoms with Crippen LogP contribution < -0.4 is 5.32 Å². The van der Waals surface area contributed by atoms with E-state index in [4.69, 9.17) is 4.74 Å². The van der Waals surface area contributed by atoms with E-state index in [0.29, 0.717) is 0 Å². The summed E-state index contributed by atoms with van der Waals surface area (Å²) in [7, 11) is 0. The van der Waals surface area contributed by atoms with Crippen LogP contribution in [0.3, 0.4) is 0 Å². The zero-order valence-corrected chi connectivity index (χ0v) is 15.2. The maximum Gasteiger partial charge on any atom is 0.407 e. The van der Waals surface area contributed by atoms with E-state index >= 15 is 0 Å². The van der Waals surface area contributed by atoms with Crippen molar-refractivity contribution in [3.8, 4) is 11.1 Å². The number of rotatable bonds is 7. The Kier molecular flexibility index (Phi) is 5.60. The number of carboxylic acids is 1. The van der Waals surface area contributed by atoms with Gasteiger partial charge < -0.3 is 15.2 Å². The standard InChI is InChI=1S/C22H23NO4/c1-3-14(2)12-20(21(24)25)23-22(26)27-13-19-17-10-6-4-8-15(17)16-9-5-7-11-18(16)19/h3-11,14,19-20H,1,12-13H2,2H3,(H,23,26)(H,24,25)/t14-,20-/m0/s1. The van der Waals surface area contributed by atoms with Crippen LogP contribution in [0.25, 0.3) is 11.1 Å². The second-order valence-corrected chi connectivity index (χ2v) is 6.81. The smallest absolute Gasteiger partial charge is 0.407 e. The van der Waals surface area contributed by atoms with E-state index < -0.39 is 18.1 Å². The molecule has 0 saturated heterocycles. The molecule has 0 heterocycles. The number of carbonyl (C=O) groups is 2. The summed E-state index contributed by atoms with van der Waals surface area (Å²) in [4.78, 5) is 23.6. The number of aliphatic carboxylic acids is 1. The van der Waals surface area contributed by atoms with E-state index in [0.717, 1.165) is 22.3 Å². The lowest BCUT2D eigenvalue weighted by atomic mass is 9.98. The molecule has 0 fully saturated rings. The van der Waals surface area contributed by atoms with Crippen molar-refractivity contribution >= 4 is 12.1 Å². The molecular formula is C22H23NO4. The molecule has 5 heteroatoms. The largest absolute Gasteiger partial charge is 0.480 e. The predicted octanol–water partition coefficient (Wildman–Crippen LogP) is 4.19. The molecule has 0 spiro atoms. The third kappa shape index (κ3) is 4.03. The fourth-order valence-corrected chi connectivity index (χ4v) is 3.47. The monoisotopic (exact) mass is 365 g/mol. The number of hydrogen-bond acceptors (Lipinski definition) is 3. The highest BCUT2D eigenvalue weighted by molar-refractivity contribution is 5.81. The Hall–Kier alpha value is -3.08. The third-order valence-electron chi connectivity index (χ3n) is 4.94. The lowest BCUT2D eigenvalue weighted by Crippen LogP contribution is -2.42. The molecule has 3 rings (SSSR count). The van der Waals surface area contributed by atoms with E-state index in [-0.39, 0.29) is 24.9 Å².